The van der Waals surface area contributed by atoms with Crippen molar-refractivity contribution in [1.82, 2.24) is 15.5 Å². The predicted octanol–water partition coefficient (Wildman–Crippen LogP) is 0.971. The van der Waals surface area contributed by atoms with Gasteiger partial charge in [0.2, 0.25) is 0 Å². The van der Waals surface area contributed by atoms with Crippen LogP contribution in [-0.4, -0.2) is 30.0 Å². The zero-order valence-corrected chi connectivity index (χ0v) is 9.02. The maximum atomic E-state index is 5.00. The van der Waals surface area contributed by atoms with Crippen LogP contribution in [0.15, 0.2) is 0 Å². The third-order valence-electron chi connectivity index (χ3n) is 1.59. The van der Waals surface area contributed by atoms with E-state index in [4.69, 9.17) is 4.74 Å². The van der Waals surface area contributed by atoms with E-state index in [-0.39, 0.29) is 0 Å². The lowest BCUT2D eigenvalue weighted by atomic mass is 10.3. The molecule has 0 fully saturated rings. The Morgan fingerprint density at radius 1 is 1.54 bits per heavy atom. The van der Waals surface area contributed by atoms with Crippen LogP contribution in [0.2, 0.25) is 0 Å². The van der Waals surface area contributed by atoms with E-state index in [0.717, 1.165) is 23.2 Å². The quantitative estimate of drug-likeness (QED) is 0.771. The fraction of sp³-hybridized carbons (Fsp3) is 0.750. The highest BCUT2D eigenvalue weighted by atomic mass is 32.1. The Bertz CT molecular complexity index is 251. The van der Waals surface area contributed by atoms with E-state index in [1.807, 2.05) is 6.92 Å². The van der Waals surface area contributed by atoms with E-state index in [2.05, 4.69) is 22.4 Å². The van der Waals surface area contributed by atoms with Gasteiger partial charge in [-0.15, -0.1) is 21.5 Å². The molecule has 1 N–H and O–H groups in total. The van der Waals surface area contributed by atoms with Crippen molar-refractivity contribution < 1.29 is 4.74 Å². The highest BCUT2D eigenvalue weighted by molar-refractivity contribution is 7.11. The zero-order chi connectivity index (χ0) is 9.68. The summed E-state index contributed by atoms with van der Waals surface area (Å²) in [4.78, 5) is 0. The number of hydrogen-bond acceptors (Lipinski definition) is 5. The summed E-state index contributed by atoms with van der Waals surface area (Å²) in [6, 6.07) is 0.356. The zero-order valence-electron chi connectivity index (χ0n) is 8.20. The summed E-state index contributed by atoms with van der Waals surface area (Å²) in [6.07, 6.45) is 0. The van der Waals surface area contributed by atoms with Gasteiger partial charge in [-0.3, -0.25) is 0 Å². The second-order valence-electron chi connectivity index (χ2n) is 2.95. The number of hydrogen-bond donors (Lipinski definition) is 1. The fourth-order valence-electron chi connectivity index (χ4n) is 0.979. The summed E-state index contributed by atoms with van der Waals surface area (Å²) >= 11 is 1.62. The largest absolute Gasteiger partial charge is 0.383 e. The SMILES string of the molecule is COCC(C)NCc1nnc(C)s1. The number of aryl methyl sites for hydroxylation is 1. The van der Waals surface area contributed by atoms with Crippen LogP contribution in [0.25, 0.3) is 0 Å². The van der Waals surface area contributed by atoms with Gasteiger partial charge in [0, 0.05) is 13.2 Å². The molecular weight excluding hydrogens is 186 g/mol. The molecule has 4 nitrogen and oxygen atoms in total. The number of nitrogens with one attached hydrogen (secondary N) is 1. The molecule has 74 valence electrons. The molecule has 0 saturated carbocycles. The van der Waals surface area contributed by atoms with Gasteiger partial charge < -0.3 is 10.1 Å². The lowest BCUT2D eigenvalue weighted by Crippen LogP contribution is -2.29. The van der Waals surface area contributed by atoms with Crippen LogP contribution >= 0.6 is 11.3 Å². The Labute approximate surface area is 82.3 Å². The molecule has 0 amide bonds. The second-order valence-corrected chi connectivity index (χ2v) is 4.22. The van der Waals surface area contributed by atoms with Crippen LogP contribution in [-0.2, 0) is 11.3 Å². The Balaban J connectivity index is 2.26. The molecule has 1 unspecified atom stereocenters. The summed E-state index contributed by atoms with van der Waals surface area (Å²) in [5, 5.41) is 13.3. The van der Waals surface area contributed by atoms with Crippen molar-refractivity contribution in [2.24, 2.45) is 0 Å². The molecule has 0 aliphatic carbocycles. The first-order chi connectivity index (χ1) is 6.22. The summed E-state index contributed by atoms with van der Waals surface area (Å²) in [7, 11) is 1.70. The Hall–Kier alpha value is -0.520. The van der Waals surface area contributed by atoms with E-state index in [0.29, 0.717) is 6.04 Å². The predicted molar refractivity (Wildman–Crippen MR) is 52.8 cm³/mol. The van der Waals surface area contributed by atoms with Crippen LogP contribution in [0.1, 0.15) is 16.9 Å². The molecule has 0 bridgehead atoms. The highest BCUT2D eigenvalue weighted by Crippen LogP contribution is 2.07. The lowest BCUT2D eigenvalue weighted by molar-refractivity contribution is 0.171. The number of ether oxygens (including phenoxy) is 1. The van der Waals surface area contributed by atoms with Gasteiger partial charge in [0.25, 0.3) is 0 Å². The van der Waals surface area contributed by atoms with Gasteiger partial charge in [-0.1, -0.05) is 0 Å². The van der Waals surface area contributed by atoms with Gasteiger partial charge >= 0.3 is 0 Å². The maximum absolute atomic E-state index is 5.00. The summed E-state index contributed by atoms with van der Waals surface area (Å²) < 4.78 is 5.00. The maximum Gasteiger partial charge on any atom is 0.131 e. The number of nitrogens with zero attached hydrogens (tertiary/aromatic N) is 2. The average Bonchev–Trinajstić information content (AvgIpc) is 2.49. The Morgan fingerprint density at radius 3 is 2.85 bits per heavy atom. The van der Waals surface area contributed by atoms with Gasteiger partial charge in [-0.05, 0) is 13.8 Å². The first kappa shape index (κ1) is 10.6. The molecule has 1 aromatic rings. The van der Waals surface area contributed by atoms with Gasteiger partial charge in [0.15, 0.2) is 0 Å². The molecule has 1 rings (SSSR count). The number of methoxy groups -OCH3 is 1. The minimum Gasteiger partial charge on any atom is -0.383 e. The molecular formula is C8H15N3OS. The standard InChI is InChI=1S/C8H15N3OS/c1-6(5-12-3)9-4-8-11-10-7(2)13-8/h6,9H,4-5H2,1-3H3. The highest BCUT2D eigenvalue weighted by Gasteiger charge is 2.03. The van der Waals surface area contributed by atoms with Crippen LogP contribution in [0.5, 0.6) is 0 Å². The molecule has 0 aliphatic heterocycles. The molecule has 1 aromatic heterocycles. The normalized spacial score (nSPS) is 13.2. The van der Waals surface area contributed by atoms with Gasteiger partial charge in [-0.2, -0.15) is 0 Å². The smallest absolute Gasteiger partial charge is 0.131 e. The monoisotopic (exact) mass is 201 g/mol. The third-order valence-corrected chi connectivity index (χ3v) is 2.42. The van der Waals surface area contributed by atoms with Crippen molar-refractivity contribution in [3.8, 4) is 0 Å². The van der Waals surface area contributed by atoms with E-state index >= 15 is 0 Å². The summed E-state index contributed by atoms with van der Waals surface area (Å²) in [5.41, 5.74) is 0. The molecule has 0 saturated heterocycles. The molecule has 1 atom stereocenters. The second kappa shape index (κ2) is 5.26. The van der Waals surface area contributed by atoms with E-state index in [1.54, 1.807) is 18.4 Å². The minimum atomic E-state index is 0.356. The summed E-state index contributed by atoms with van der Waals surface area (Å²) in [6.45, 7) is 5.53. The van der Waals surface area contributed by atoms with E-state index in [1.165, 1.54) is 0 Å². The van der Waals surface area contributed by atoms with Crippen molar-refractivity contribution in [2.45, 2.75) is 26.4 Å². The van der Waals surface area contributed by atoms with Crippen LogP contribution in [0.3, 0.4) is 0 Å². The first-order valence-electron chi connectivity index (χ1n) is 4.23. The van der Waals surface area contributed by atoms with E-state index in [9.17, 15) is 0 Å². The summed E-state index contributed by atoms with van der Waals surface area (Å²) in [5.74, 6) is 0. The molecule has 5 heteroatoms. The fourth-order valence-corrected chi connectivity index (χ4v) is 1.64. The van der Waals surface area contributed by atoms with Crippen molar-refractivity contribution in [3.63, 3.8) is 0 Å². The molecule has 1 heterocycles. The minimum absolute atomic E-state index is 0.356. The van der Waals surface area contributed by atoms with Crippen molar-refractivity contribution in [3.05, 3.63) is 10.0 Å². The van der Waals surface area contributed by atoms with Crippen molar-refractivity contribution in [1.29, 1.82) is 0 Å². The topological polar surface area (TPSA) is 47.0 Å². The van der Waals surface area contributed by atoms with Crippen LogP contribution in [0, 0.1) is 6.92 Å². The molecule has 0 spiro atoms. The van der Waals surface area contributed by atoms with Gasteiger partial charge in [0.1, 0.15) is 10.0 Å². The third kappa shape index (κ3) is 3.80. The number of aromatic nitrogens is 2. The van der Waals surface area contributed by atoms with Crippen molar-refractivity contribution >= 4 is 11.3 Å². The van der Waals surface area contributed by atoms with Gasteiger partial charge in [0.05, 0.1) is 13.2 Å². The first-order valence-corrected chi connectivity index (χ1v) is 5.05. The average molecular weight is 201 g/mol. The van der Waals surface area contributed by atoms with E-state index < -0.39 is 0 Å². The molecule has 0 aromatic carbocycles. The molecule has 13 heavy (non-hydrogen) atoms. The molecule has 0 aliphatic rings. The Morgan fingerprint density at radius 2 is 2.31 bits per heavy atom. The Kier molecular flexibility index (Phi) is 4.27. The lowest BCUT2D eigenvalue weighted by Gasteiger charge is -2.10. The molecule has 0 radical (unpaired) electrons. The van der Waals surface area contributed by atoms with Crippen molar-refractivity contribution in [2.75, 3.05) is 13.7 Å². The van der Waals surface area contributed by atoms with Gasteiger partial charge in [-0.25, -0.2) is 0 Å². The van der Waals surface area contributed by atoms with Crippen LogP contribution in [0.4, 0.5) is 0 Å². The number of rotatable bonds is 5. The van der Waals surface area contributed by atoms with Crippen LogP contribution < -0.4 is 5.32 Å².